The number of hydrogen-bond donors (Lipinski definition) is 3. The lowest BCUT2D eigenvalue weighted by atomic mass is 9.97. The molecule has 0 aliphatic carbocycles. The van der Waals surface area contributed by atoms with Crippen molar-refractivity contribution >= 4 is 17.4 Å². The minimum absolute atomic E-state index is 0.224. The lowest BCUT2D eigenvalue weighted by Gasteiger charge is -2.28. The largest absolute Gasteiger partial charge is 0.393 e. The third-order valence-electron chi connectivity index (χ3n) is 3.24. The summed E-state index contributed by atoms with van der Waals surface area (Å²) in [7, 11) is 0. The van der Waals surface area contributed by atoms with Gasteiger partial charge in [0.05, 0.1) is 11.6 Å². The molecular formula is C10H11ClF3N3O4. The number of anilines is 1. The standard InChI is InChI=1S/C10H11ClF3N3O4/c11-3-1-17(9(20)16-6(3)15)7-4(12)5(19)10(2-18,21-7)8(13)14/h1,4-5,7-8,18-19H,2H2,(H2,15,16,20)/t4-,5-,7+,10+/m0/s1. The molecule has 0 saturated carbocycles. The number of aromatic nitrogens is 2. The Balaban J connectivity index is 2.47. The predicted molar refractivity (Wildman–Crippen MR) is 64.8 cm³/mol. The maximum absolute atomic E-state index is 14.0. The number of aliphatic hydroxyl groups excluding tert-OH is 2. The molecule has 4 N–H and O–H groups in total. The molecule has 21 heavy (non-hydrogen) atoms. The zero-order chi connectivity index (χ0) is 15.9. The van der Waals surface area contributed by atoms with Crippen LogP contribution in [0.25, 0.3) is 0 Å². The van der Waals surface area contributed by atoms with Gasteiger partial charge in [-0.1, -0.05) is 11.6 Å². The van der Waals surface area contributed by atoms with E-state index in [-0.39, 0.29) is 10.8 Å². The van der Waals surface area contributed by atoms with Crippen LogP contribution in [0.4, 0.5) is 19.0 Å². The topological polar surface area (TPSA) is 111 Å². The summed E-state index contributed by atoms with van der Waals surface area (Å²) >= 11 is 5.63. The first-order valence-corrected chi connectivity index (χ1v) is 6.05. The minimum atomic E-state index is -3.38. The molecule has 1 saturated heterocycles. The normalized spacial score (nSPS) is 32.8. The molecule has 118 valence electrons. The number of nitrogens with zero attached hydrogens (tertiary/aromatic N) is 2. The number of halogens is 4. The predicted octanol–water partition coefficient (Wildman–Crippen LogP) is -0.297. The smallest absolute Gasteiger partial charge is 0.351 e. The van der Waals surface area contributed by atoms with Gasteiger partial charge in [0.25, 0.3) is 6.43 Å². The van der Waals surface area contributed by atoms with E-state index in [0.717, 1.165) is 6.20 Å². The maximum Gasteiger partial charge on any atom is 0.351 e. The summed E-state index contributed by atoms with van der Waals surface area (Å²) in [4.78, 5) is 14.9. The quantitative estimate of drug-likeness (QED) is 0.702. The van der Waals surface area contributed by atoms with Crippen molar-refractivity contribution in [2.24, 2.45) is 0 Å². The van der Waals surface area contributed by atoms with Gasteiger partial charge >= 0.3 is 5.69 Å². The Hall–Kier alpha value is -1.36. The fourth-order valence-electron chi connectivity index (χ4n) is 2.02. The fraction of sp³-hybridized carbons (Fsp3) is 0.600. The molecule has 0 spiro atoms. The summed E-state index contributed by atoms with van der Waals surface area (Å²) in [5.74, 6) is -0.325. The van der Waals surface area contributed by atoms with Crippen LogP contribution in [0.1, 0.15) is 6.23 Å². The number of ether oxygens (including phenoxy) is 1. The van der Waals surface area contributed by atoms with Crippen LogP contribution in [0.2, 0.25) is 5.02 Å². The molecule has 0 radical (unpaired) electrons. The van der Waals surface area contributed by atoms with Gasteiger partial charge in [0.1, 0.15) is 11.9 Å². The fourth-order valence-corrected chi connectivity index (χ4v) is 2.16. The number of aliphatic hydroxyl groups is 2. The van der Waals surface area contributed by atoms with E-state index in [1.54, 1.807) is 0 Å². The highest BCUT2D eigenvalue weighted by Gasteiger charge is 2.61. The zero-order valence-corrected chi connectivity index (χ0v) is 11.0. The van der Waals surface area contributed by atoms with Crippen molar-refractivity contribution in [3.05, 3.63) is 21.7 Å². The lowest BCUT2D eigenvalue weighted by Crippen LogP contribution is -2.51. The summed E-state index contributed by atoms with van der Waals surface area (Å²) in [6, 6.07) is 0. The number of alkyl halides is 3. The van der Waals surface area contributed by atoms with E-state index in [2.05, 4.69) is 4.98 Å². The molecule has 1 aromatic heterocycles. The van der Waals surface area contributed by atoms with E-state index in [0.29, 0.717) is 4.57 Å². The molecular weight excluding hydrogens is 319 g/mol. The minimum Gasteiger partial charge on any atom is -0.393 e. The number of nitrogens with two attached hydrogens (primary N) is 1. The van der Waals surface area contributed by atoms with Gasteiger partial charge in [-0.25, -0.2) is 18.0 Å². The second kappa shape index (κ2) is 5.44. The van der Waals surface area contributed by atoms with Crippen LogP contribution in [0.3, 0.4) is 0 Å². The highest BCUT2D eigenvalue weighted by molar-refractivity contribution is 6.32. The molecule has 0 unspecified atom stereocenters. The van der Waals surface area contributed by atoms with Crippen molar-refractivity contribution in [2.75, 3.05) is 12.3 Å². The molecule has 1 aliphatic rings. The SMILES string of the molecule is Nc1nc(=O)n([C@@H]2O[C@@](CO)(C(F)F)[C@@H](O)[C@@H]2F)cc1Cl. The third kappa shape index (κ3) is 2.37. The number of rotatable bonds is 3. The van der Waals surface area contributed by atoms with Gasteiger partial charge in [-0.3, -0.25) is 4.57 Å². The van der Waals surface area contributed by atoms with Gasteiger partial charge in [-0.2, -0.15) is 4.98 Å². The van der Waals surface area contributed by atoms with E-state index in [9.17, 15) is 23.1 Å². The van der Waals surface area contributed by atoms with Crippen LogP contribution in [-0.2, 0) is 4.74 Å². The molecule has 1 aliphatic heterocycles. The van der Waals surface area contributed by atoms with Gasteiger partial charge in [-0.15, -0.1) is 0 Å². The van der Waals surface area contributed by atoms with Gasteiger partial charge < -0.3 is 20.7 Å². The average molecular weight is 330 g/mol. The van der Waals surface area contributed by atoms with Crippen molar-refractivity contribution in [1.82, 2.24) is 9.55 Å². The van der Waals surface area contributed by atoms with Crippen LogP contribution in [-0.4, -0.2) is 50.7 Å². The van der Waals surface area contributed by atoms with E-state index < -0.39 is 42.8 Å². The monoisotopic (exact) mass is 329 g/mol. The van der Waals surface area contributed by atoms with Crippen LogP contribution in [0, 0.1) is 0 Å². The summed E-state index contributed by atoms with van der Waals surface area (Å²) in [6.07, 6.45) is -9.18. The molecule has 0 aromatic carbocycles. The molecule has 11 heteroatoms. The Morgan fingerprint density at radius 3 is 2.71 bits per heavy atom. The molecule has 0 bridgehead atoms. The van der Waals surface area contributed by atoms with Gasteiger partial charge in [-0.05, 0) is 0 Å². The second-order valence-electron chi connectivity index (χ2n) is 4.48. The Kier molecular flexibility index (Phi) is 4.15. The number of nitrogen functional groups attached to an aromatic ring is 1. The first-order valence-electron chi connectivity index (χ1n) is 5.67. The van der Waals surface area contributed by atoms with Crippen LogP contribution in [0.5, 0.6) is 0 Å². The first kappa shape index (κ1) is 16.0. The van der Waals surface area contributed by atoms with Crippen LogP contribution >= 0.6 is 11.6 Å². The Labute approximate surface area is 120 Å². The molecule has 2 rings (SSSR count). The second-order valence-corrected chi connectivity index (χ2v) is 4.88. The van der Waals surface area contributed by atoms with E-state index in [1.807, 2.05) is 0 Å². The molecule has 4 atom stereocenters. The zero-order valence-electron chi connectivity index (χ0n) is 10.3. The van der Waals surface area contributed by atoms with Gasteiger partial charge in [0, 0.05) is 6.20 Å². The summed E-state index contributed by atoms with van der Waals surface area (Å²) < 4.78 is 45.3. The molecule has 0 amide bonds. The summed E-state index contributed by atoms with van der Waals surface area (Å²) in [5.41, 5.74) is 1.34. The van der Waals surface area contributed by atoms with Crippen LogP contribution in [0.15, 0.2) is 11.0 Å². The maximum atomic E-state index is 14.0. The van der Waals surface area contributed by atoms with Crippen molar-refractivity contribution in [1.29, 1.82) is 0 Å². The van der Waals surface area contributed by atoms with Gasteiger partial charge in [0.2, 0.25) is 0 Å². The van der Waals surface area contributed by atoms with E-state index in [1.165, 1.54) is 0 Å². The average Bonchev–Trinajstić information content (AvgIpc) is 2.68. The van der Waals surface area contributed by atoms with E-state index >= 15 is 0 Å². The van der Waals surface area contributed by atoms with Crippen molar-refractivity contribution in [2.45, 2.75) is 30.5 Å². The Morgan fingerprint density at radius 2 is 2.24 bits per heavy atom. The highest BCUT2D eigenvalue weighted by atomic mass is 35.5. The van der Waals surface area contributed by atoms with Crippen LogP contribution < -0.4 is 11.4 Å². The Morgan fingerprint density at radius 1 is 1.62 bits per heavy atom. The van der Waals surface area contributed by atoms with Gasteiger partial charge in [0.15, 0.2) is 18.0 Å². The summed E-state index contributed by atoms with van der Waals surface area (Å²) in [6.45, 7) is -1.34. The molecule has 7 nitrogen and oxygen atoms in total. The lowest BCUT2D eigenvalue weighted by molar-refractivity contribution is -0.195. The summed E-state index contributed by atoms with van der Waals surface area (Å²) in [5, 5.41) is 18.4. The molecule has 1 fully saturated rings. The first-order chi connectivity index (χ1) is 9.74. The Bertz CT molecular complexity index is 601. The number of hydrogen-bond acceptors (Lipinski definition) is 6. The van der Waals surface area contributed by atoms with Crippen molar-refractivity contribution in [3.8, 4) is 0 Å². The third-order valence-corrected chi connectivity index (χ3v) is 3.53. The highest BCUT2D eigenvalue weighted by Crippen LogP contribution is 2.42. The molecule has 1 aromatic rings. The van der Waals surface area contributed by atoms with Crippen molar-refractivity contribution < 1.29 is 28.1 Å². The van der Waals surface area contributed by atoms with E-state index in [4.69, 9.17) is 27.2 Å². The van der Waals surface area contributed by atoms with Crippen molar-refractivity contribution in [3.63, 3.8) is 0 Å². The molecule has 2 heterocycles.